The van der Waals surface area contributed by atoms with E-state index in [-0.39, 0.29) is 30.0 Å². The first kappa shape index (κ1) is 14.1. The number of carbonyl (C=O) groups is 2. The molecule has 0 N–H and O–H groups in total. The average Bonchev–Trinajstić information content (AvgIpc) is 3.23. The fourth-order valence-electron chi connectivity index (χ4n) is 3.62. The summed E-state index contributed by atoms with van der Waals surface area (Å²) < 4.78 is 13.1. The summed E-state index contributed by atoms with van der Waals surface area (Å²) >= 11 is 0. The molecule has 0 bridgehead atoms. The van der Waals surface area contributed by atoms with E-state index in [2.05, 4.69) is 0 Å². The number of likely N-dealkylation sites (tertiary alicyclic amines) is 1. The van der Waals surface area contributed by atoms with Crippen LogP contribution in [0.3, 0.4) is 0 Å². The van der Waals surface area contributed by atoms with E-state index in [0.29, 0.717) is 13.0 Å². The Labute approximate surface area is 133 Å². The van der Waals surface area contributed by atoms with Gasteiger partial charge in [-0.2, -0.15) is 0 Å². The number of imide groups is 1. The standard InChI is InChI=1S/C19H16FNO2/c20-15-8-6-14(7-9-15)16-10-19(16)11-17(22)21(18(19)23)12-13-4-2-1-3-5-13/h1-9,16H,10-12H2/t16?,19-/m0/s1. The third-order valence-electron chi connectivity index (χ3n) is 4.97. The van der Waals surface area contributed by atoms with E-state index in [9.17, 15) is 14.0 Å². The van der Waals surface area contributed by atoms with Gasteiger partial charge in [0.1, 0.15) is 5.82 Å². The molecule has 4 rings (SSSR count). The molecule has 0 radical (unpaired) electrons. The van der Waals surface area contributed by atoms with Crippen LogP contribution in [0.15, 0.2) is 54.6 Å². The normalized spacial score (nSPS) is 26.1. The second-order valence-corrected chi connectivity index (χ2v) is 6.41. The minimum absolute atomic E-state index is 0.0281. The van der Waals surface area contributed by atoms with Gasteiger partial charge < -0.3 is 0 Å². The molecule has 1 heterocycles. The SMILES string of the molecule is O=C1C[C@]2(CC2c2ccc(F)cc2)C(=O)N1Cc1ccccc1. The molecule has 1 aliphatic heterocycles. The van der Waals surface area contributed by atoms with Crippen molar-refractivity contribution in [3.8, 4) is 0 Å². The first-order chi connectivity index (χ1) is 11.1. The molecule has 0 aromatic heterocycles. The molecule has 2 atom stereocenters. The maximum absolute atomic E-state index is 13.1. The second kappa shape index (κ2) is 5.01. The van der Waals surface area contributed by atoms with Crippen molar-refractivity contribution >= 4 is 11.8 Å². The molecule has 23 heavy (non-hydrogen) atoms. The van der Waals surface area contributed by atoms with Gasteiger partial charge in [-0.15, -0.1) is 0 Å². The van der Waals surface area contributed by atoms with Gasteiger partial charge >= 0.3 is 0 Å². The van der Waals surface area contributed by atoms with E-state index in [1.807, 2.05) is 30.3 Å². The molecule has 4 heteroatoms. The zero-order valence-electron chi connectivity index (χ0n) is 12.5. The Morgan fingerprint density at radius 2 is 1.74 bits per heavy atom. The maximum atomic E-state index is 13.1. The largest absolute Gasteiger partial charge is 0.278 e. The Bertz CT molecular complexity index is 772. The Hall–Kier alpha value is -2.49. The Morgan fingerprint density at radius 1 is 1.04 bits per heavy atom. The van der Waals surface area contributed by atoms with E-state index >= 15 is 0 Å². The van der Waals surface area contributed by atoms with Crippen LogP contribution in [0.4, 0.5) is 4.39 Å². The molecule has 1 aliphatic carbocycles. The molecule has 2 aliphatic rings. The van der Waals surface area contributed by atoms with Crippen molar-refractivity contribution in [1.29, 1.82) is 0 Å². The number of hydrogen-bond donors (Lipinski definition) is 0. The van der Waals surface area contributed by atoms with Crippen LogP contribution in [0, 0.1) is 11.2 Å². The zero-order valence-corrected chi connectivity index (χ0v) is 12.5. The lowest BCUT2D eigenvalue weighted by Crippen LogP contribution is -2.30. The minimum Gasteiger partial charge on any atom is -0.278 e. The average molecular weight is 309 g/mol. The molecule has 1 unspecified atom stereocenters. The summed E-state index contributed by atoms with van der Waals surface area (Å²) in [7, 11) is 0. The molecular formula is C19H16FNO2. The second-order valence-electron chi connectivity index (χ2n) is 6.41. The summed E-state index contributed by atoms with van der Waals surface area (Å²) in [6.45, 7) is 0.330. The number of carbonyl (C=O) groups excluding carboxylic acids is 2. The van der Waals surface area contributed by atoms with Crippen LogP contribution in [0.2, 0.25) is 0 Å². The maximum Gasteiger partial charge on any atom is 0.236 e. The van der Waals surface area contributed by atoms with Gasteiger partial charge in [0.2, 0.25) is 11.8 Å². The Morgan fingerprint density at radius 3 is 2.43 bits per heavy atom. The Kier molecular flexibility index (Phi) is 3.08. The van der Waals surface area contributed by atoms with E-state index in [4.69, 9.17) is 0 Å². The van der Waals surface area contributed by atoms with Crippen molar-refractivity contribution in [2.75, 3.05) is 0 Å². The van der Waals surface area contributed by atoms with Crippen LogP contribution >= 0.6 is 0 Å². The molecule has 3 nitrogen and oxygen atoms in total. The molecule has 2 amide bonds. The summed E-state index contributed by atoms with van der Waals surface area (Å²) in [5, 5.41) is 0. The number of halogens is 1. The summed E-state index contributed by atoms with van der Waals surface area (Å²) in [6, 6.07) is 15.8. The van der Waals surface area contributed by atoms with Gasteiger partial charge in [0.05, 0.1) is 12.0 Å². The number of benzene rings is 2. The number of rotatable bonds is 3. The van der Waals surface area contributed by atoms with E-state index < -0.39 is 5.41 Å². The first-order valence-electron chi connectivity index (χ1n) is 7.74. The van der Waals surface area contributed by atoms with Gasteiger partial charge in [-0.05, 0) is 35.6 Å². The predicted octanol–water partition coefficient (Wildman–Crippen LogP) is 3.26. The molecule has 1 spiro atoms. The smallest absolute Gasteiger partial charge is 0.236 e. The third kappa shape index (κ3) is 2.25. The highest BCUT2D eigenvalue weighted by Crippen LogP contribution is 2.65. The predicted molar refractivity (Wildman–Crippen MR) is 82.8 cm³/mol. The fourth-order valence-corrected chi connectivity index (χ4v) is 3.62. The fraction of sp³-hybridized carbons (Fsp3) is 0.263. The summed E-state index contributed by atoms with van der Waals surface area (Å²) in [5.74, 6) is -0.451. The molecule has 116 valence electrons. The van der Waals surface area contributed by atoms with Crippen LogP contribution < -0.4 is 0 Å². The number of amides is 2. The van der Waals surface area contributed by atoms with Gasteiger partial charge in [-0.1, -0.05) is 42.5 Å². The number of hydrogen-bond acceptors (Lipinski definition) is 2. The topological polar surface area (TPSA) is 37.4 Å². The molecule has 2 aromatic carbocycles. The van der Waals surface area contributed by atoms with Gasteiger partial charge in [0.15, 0.2) is 0 Å². The van der Waals surface area contributed by atoms with E-state index in [0.717, 1.165) is 11.1 Å². The molecule has 1 saturated heterocycles. The highest BCUT2D eigenvalue weighted by Gasteiger charge is 2.67. The van der Waals surface area contributed by atoms with Crippen LogP contribution in [0.25, 0.3) is 0 Å². The first-order valence-corrected chi connectivity index (χ1v) is 7.74. The number of nitrogens with zero attached hydrogens (tertiary/aromatic N) is 1. The lowest BCUT2D eigenvalue weighted by Gasteiger charge is -2.15. The van der Waals surface area contributed by atoms with E-state index in [1.54, 1.807) is 12.1 Å². The Balaban J connectivity index is 1.55. The summed E-state index contributed by atoms with van der Waals surface area (Å²) in [4.78, 5) is 26.5. The molecular weight excluding hydrogens is 293 g/mol. The van der Waals surface area contributed by atoms with Crippen molar-refractivity contribution in [3.63, 3.8) is 0 Å². The van der Waals surface area contributed by atoms with Crippen LogP contribution in [-0.4, -0.2) is 16.7 Å². The summed E-state index contributed by atoms with van der Waals surface area (Å²) in [6.07, 6.45) is 0.940. The van der Waals surface area contributed by atoms with Gasteiger partial charge in [-0.3, -0.25) is 14.5 Å². The van der Waals surface area contributed by atoms with E-state index in [1.165, 1.54) is 17.0 Å². The van der Waals surface area contributed by atoms with Crippen molar-refractivity contribution in [2.24, 2.45) is 5.41 Å². The minimum atomic E-state index is -0.594. The van der Waals surface area contributed by atoms with Crippen molar-refractivity contribution in [1.82, 2.24) is 4.90 Å². The van der Waals surface area contributed by atoms with Crippen LogP contribution in [0.5, 0.6) is 0 Å². The highest BCUT2D eigenvalue weighted by molar-refractivity contribution is 6.08. The third-order valence-corrected chi connectivity index (χ3v) is 4.97. The quantitative estimate of drug-likeness (QED) is 0.816. The van der Waals surface area contributed by atoms with Gasteiger partial charge in [0, 0.05) is 6.42 Å². The zero-order chi connectivity index (χ0) is 16.0. The monoisotopic (exact) mass is 309 g/mol. The lowest BCUT2D eigenvalue weighted by molar-refractivity contribution is -0.140. The molecule has 2 aromatic rings. The highest BCUT2D eigenvalue weighted by atomic mass is 19.1. The van der Waals surface area contributed by atoms with Crippen LogP contribution in [-0.2, 0) is 16.1 Å². The van der Waals surface area contributed by atoms with Crippen molar-refractivity contribution in [3.05, 3.63) is 71.5 Å². The van der Waals surface area contributed by atoms with Gasteiger partial charge in [0.25, 0.3) is 0 Å². The van der Waals surface area contributed by atoms with Crippen LogP contribution in [0.1, 0.15) is 29.9 Å². The van der Waals surface area contributed by atoms with Crippen molar-refractivity contribution < 1.29 is 14.0 Å². The molecule has 2 fully saturated rings. The summed E-state index contributed by atoms with van der Waals surface area (Å²) in [5.41, 5.74) is 1.29. The van der Waals surface area contributed by atoms with Gasteiger partial charge in [-0.25, -0.2) is 4.39 Å². The lowest BCUT2D eigenvalue weighted by atomic mass is 9.97. The van der Waals surface area contributed by atoms with Crippen molar-refractivity contribution in [2.45, 2.75) is 25.3 Å². The molecule has 1 saturated carbocycles.